The van der Waals surface area contributed by atoms with Gasteiger partial charge in [-0.1, -0.05) is 12.2 Å². The van der Waals surface area contributed by atoms with E-state index in [-0.39, 0.29) is 6.04 Å². The van der Waals surface area contributed by atoms with Gasteiger partial charge in [-0.25, -0.2) is 8.42 Å². The third-order valence-corrected chi connectivity index (χ3v) is 5.74. The number of nitrogens with two attached hydrogens (primary N) is 1. The van der Waals surface area contributed by atoms with Crippen molar-refractivity contribution in [3.8, 4) is 0 Å². The molecule has 0 aromatic carbocycles. The fraction of sp³-hybridized carbons (Fsp3) is 0.900. The maximum atomic E-state index is 11.4. The van der Waals surface area contributed by atoms with Crippen molar-refractivity contribution >= 4 is 27.0 Å². The van der Waals surface area contributed by atoms with Crippen LogP contribution in [-0.2, 0) is 9.84 Å². The van der Waals surface area contributed by atoms with Crippen molar-refractivity contribution < 1.29 is 8.42 Å². The first-order chi connectivity index (χ1) is 7.48. The quantitative estimate of drug-likeness (QED) is 0.719. The number of hydrogen-bond acceptors (Lipinski definition) is 4. The standard InChI is InChI=1S/C10H18N2O2S2/c11-10(15)8-1-4-12(5-2-8)9-3-6-16(13,14)7-9/h8-9H,1-7H2,(H2,11,15). The average Bonchev–Trinajstić information content (AvgIpc) is 2.59. The molecule has 1 unspecified atom stereocenters. The lowest BCUT2D eigenvalue weighted by molar-refractivity contribution is 0.163. The van der Waals surface area contributed by atoms with E-state index in [9.17, 15) is 8.42 Å². The van der Waals surface area contributed by atoms with Crippen LogP contribution in [0.4, 0.5) is 0 Å². The molecule has 4 nitrogen and oxygen atoms in total. The highest BCUT2D eigenvalue weighted by Crippen LogP contribution is 2.24. The van der Waals surface area contributed by atoms with E-state index in [1.807, 2.05) is 0 Å². The van der Waals surface area contributed by atoms with Crippen LogP contribution in [0.25, 0.3) is 0 Å². The predicted molar refractivity (Wildman–Crippen MR) is 68.1 cm³/mol. The summed E-state index contributed by atoms with van der Waals surface area (Å²) in [6.07, 6.45) is 2.75. The Balaban J connectivity index is 1.88. The molecule has 92 valence electrons. The Morgan fingerprint density at radius 1 is 1.25 bits per heavy atom. The summed E-state index contributed by atoms with van der Waals surface area (Å²) in [6.45, 7) is 1.87. The molecular weight excluding hydrogens is 244 g/mol. The van der Waals surface area contributed by atoms with Gasteiger partial charge in [-0.15, -0.1) is 0 Å². The van der Waals surface area contributed by atoms with Crippen molar-refractivity contribution in [3.05, 3.63) is 0 Å². The van der Waals surface area contributed by atoms with Gasteiger partial charge in [0.2, 0.25) is 0 Å². The lowest BCUT2D eigenvalue weighted by atomic mass is 9.96. The summed E-state index contributed by atoms with van der Waals surface area (Å²) in [5.41, 5.74) is 5.63. The Labute approximate surface area is 102 Å². The lowest BCUT2D eigenvalue weighted by Crippen LogP contribution is -2.44. The molecule has 2 saturated heterocycles. The van der Waals surface area contributed by atoms with Gasteiger partial charge in [0, 0.05) is 12.0 Å². The summed E-state index contributed by atoms with van der Waals surface area (Å²) in [5, 5.41) is 0. The summed E-state index contributed by atoms with van der Waals surface area (Å²) >= 11 is 4.99. The van der Waals surface area contributed by atoms with Gasteiger partial charge < -0.3 is 5.73 Å². The number of piperidine rings is 1. The molecule has 0 aromatic heterocycles. The van der Waals surface area contributed by atoms with E-state index in [1.165, 1.54) is 0 Å². The van der Waals surface area contributed by atoms with Crippen molar-refractivity contribution in [1.82, 2.24) is 4.90 Å². The highest BCUT2D eigenvalue weighted by Gasteiger charge is 2.34. The number of nitrogens with zero attached hydrogens (tertiary/aromatic N) is 1. The van der Waals surface area contributed by atoms with Gasteiger partial charge in [0.05, 0.1) is 16.5 Å². The molecule has 0 aromatic rings. The minimum absolute atomic E-state index is 0.234. The highest BCUT2D eigenvalue weighted by atomic mass is 32.2. The van der Waals surface area contributed by atoms with Crippen LogP contribution in [0.15, 0.2) is 0 Å². The van der Waals surface area contributed by atoms with Crippen LogP contribution in [-0.4, -0.2) is 48.9 Å². The Hall–Kier alpha value is -0.200. The van der Waals surface area contributed by atoms with Gasteiger partial charge in [0.25, 0.3) is 0 Å². The molecule has 0 amide bonds. The molecule has 0 saturated carbocycles. The van der Waals surface area contributed by atoms with E-state index in [0.29, 0.717) is 22.4 Å². The number of rotatable bonds is 2. The second-order valence-electron chi connectivity index (χ2n) is 4.77. The molecular formula is C10H18N2O2S2. The van der Waals surface area contributed by atoms with Gasteiger partial charge in [-0.05, 0) is 32.4 Å². The first kappa shape index (κ1) is 12.3. The second-order valence-corrected chi connectivity index (χ2v) is 7.47. The third kappa shape index (κ3) is 2.73. The Bertz CT molecular complexity index is 372. The number of hydrogen-bond donors (Lipinski definition) is 1. The van der Waals surface area contributed by atoms with Gasteiger partial charge >= 0.3 is 0 Å². The predicted octanol–water partition coefficient (Wildman–Crippen LogP) is 0.172. The van der Waals surface area contributed by atoms with Crippen LogP contribution in [0.3, 0.4) is 0 Å². The number of thiocarbonyl (C=S) groups is 1. The lowest BCUT2D eigenvalue weighted by Gasteiger charge is -2.35. The van der Waals surface area contributed by atoms with Crippen molar-refractivity contribution in [2.45, 2.75) is 25.3 Å². The van der Waals surface area contributed by atoms with Crippen LogP contribution in [0.1, 0.15) is 19.3 Å². The molecule has 6 heteroatoms. The van der Waals surface area contributed by atoms with E-state index >= 15 is 0 Å². The van der Waals surface area contributed by atoms with Gasteiger partial charge in [0.15, 0.2) is 9.84 Å². The first-order valence-electron chi connectivity index (χ1n) is 5.72. The molecule has 2 aliphatic heterocycles. The fourth-order valence-corrected chi connectivity index (χ4v) is 4.61. The van der Waals surface area contributed by atoms with Crippen LogP contribution in [0, 0.1) is 5.92 Å². The molecule has 0 bridgehead atoms. The first-order valence-corrected chi connectivity index (χ1v) is 7.95. The van der Waals surface area contributed by atoms with Crippen LogP contribution < -0.4 is 5.73 Å². The zero-order valence-corrected chi connectivity index (χ0v) is 10.9. The topological polar surface area (TPSA) is 63.4 Å². The van der Waals surface area contributed by atoms with Crippen LogP contribution in [0.2, 0.25) is 0 Å². The maximum Gasteiger partial charge on any atom is 0.151 e. The summed E-state index contributed by atoms with van der Waals surface area (Å²) in [4.78, 5) is 2.90. The zero-order chi connectivity index (χ0) is 11.8. The van der Waals surface area contributed by atoms with Gasteiger partial charge in [-0.3, -0.25) is 4.90 Å². The van der Waals surface area contributed by atoms with E-state index in [2.05, 4.69) is 4.90 Å². The second kappa shape index (κ2) is 4.58. The molecule has 2 heterocycles. The smallest absolute Gasteiger partial charge is 0.151 e. The minimum atomic E-state index is -2.77. The Morgan fingerprint density at radius 3 is 2.31 bits per heavy atom. The SMILES string of the molecule is NC(=S)C1CCN(C2CCS(=O)(=O)C2)CC1. The average molecular weight is 262 g/mol. The zero-order valence-electron chi connectivity index (χ0n) is 9.26. The maximum absolute atomic E-state index is 11.4. The molecule has 2 rings (SSSR count). The third-order valence-electron chi connectivity index (χ3n) is 3.66. The largest absolute Gasteiger partial charge is 0.393 e. The molecule has 0 radical (unpaired) electrons. The number of likely N-dealkylation sites (tertiary alicyclic amines) is 1. The number of sulfone groups is 1. The van der Waals surface area contributed by atoms with Gasteiger partial charge in [0.1, 0.15) is 0 Å². The van der Waals surface area contributed by atoms with Crippen LogP contribution in [0.5, 0.6) is 0 Å². The molecule has 1 atom stereocenters. The molecule has 0 aliphatic carbocycles. The Kier molecular flexibility index (Phi) is 3.51. The molecule has 2 aliphatic rings. The molecule has 2 fully saturated rings. The summed E-state index contributed by atoms with van der Waals surface area (Å²) in [7, 11) is -2.77. The van der Waals surface area contributed by atoms with Gasteiger partial charge in [-0.2, -0.15) is 0 Å². The van der Waals surface area contributed by atoms with Crippen molar-refractivity contribution in [2.75, 3.05) is 24.6 Å². The molecule has 2 N–H and O–H groups in total. The summed E-state index contributed by atoms with van der Waals surface area (Å²) in [6, 6.07) is 0.234. The highest BCUT2D eigenvalue weighted by molar-refractivity contribution is 7.91. The Morgan fingerprint density at radius 2 is 1.88 bits per heavy atom. The monoisotopic (exact) mass is 262 g/mol. The van der Waals surface area contributed by atoms with Crippen molar-refractivity contribution in [3.63, 3.8) is 0 Å². The van der Waals surface area contributed by atoms with E-state index < -0.39 is 9.84 Å². The van der Waals surface area contributed by atoms with Crippen LogP contribution >= 0.6 is 12.2 Å². The normalized spacial score (nSPS) is 31.6. The summed E-state index contributed by atoms with van der Waals surface area (Å²) in [5.74, 6) is 1.04. The van der Waals surface area contributed by atoms with Crippen molar-refractivity contribution in [1.29, 1.82) is 0 Å². The van der Waals surface area contributed by atoms with E-state index in [1.54, 1.807) is 0 Å². The van der Waals surface area contributed by atoms with E-state index in [4.69, 9.17) is 18.0 Å². The minimum Gasteiger partial charge on any atom is -0.393 e. The summed E-state index contributed by atoms with van der Waals surface area (Å²) < 4.78 is 22.8. The molecule has 0 spiro atoms. The fourth-order valence-electron chi connectivity index (χ4n) is 2.61. The van der Waals surface area contributed by atoms with Crippen molar-refractivity contribution in [2.24, 2.45) is 11.7 Å². The molecule has 16 heavy (non-hydrogen) atoms. The van der Waals surface area contributed by atoms with E-state index in [0.717, 1.165) is 32.4 Å².